The van der Waals surface area contributed by atoms with Gasteiger partial charge in [0.25, 0.3) is 0 Å². The second kappa shape index (κ2) is 57.9. The van der Waals surface area contributed by atoms with Crippen molar-refractivity contribution in [2.24, 2.45) is 11.8 Å². The summed E-state index contributed by atoms with van der Waals surface area (Å²) >= 11 is 0. The number of likely N-dealkylation sites (tertiary alicyclic amines) is 1. The largest absolute Gasteiger partial charge is 0.466 e. The van der Waals surface area contributed by atoms with Crippen LogP contribution in [0.25, 0.3) is 0 Å². The molecule has 2 aromatic carbocycles. The van der Waals surface area contributed by atoms with E-state index in [1.165, 1.54) is 96.3 Å². The van der Waals surface area contributed by atoms with Gasteiger partial charge in [-0.15, -0.1) is 0 Å². The van der Waals surface area contributed by atoms with Crippen molar-refractivity contribution >= 4 is 57.4 Å². The maximum Gasteiger partial charge on any atom is 0.311 e. The second-order valence-corrected chi connectivity index (χ2v) is 29.5. The highest BCUT2D eigenvalue weighted by Crippen LogP contribution is 2.26. The molecule has 0 aliphatic carbocycles. The Labute approximate surface area is 578 Å². The van der Waals surface area contributed by atoms with E-state index in [2.05, 4.69) is 44.5 Å². The molecule has 0 spiro atoms. The molecule has 0 amide bonds. The van der Waals surface area contributed by atoms with Gasteiger partial charge in [-0.2, -0.15) is 0 Å². The Bertz CT molecular complexity index is 2210. The lowest BCUT2D eigenvalue weighted by molar-refractivity contribution is -0.150. The summed E-state index contributed by atoms with van der Waals surface area (Å²) < 4.78 is 33.7. The number of carbonyl (C=O) groups excluding carboxylic acids is 6. The number of rotatable bonds is 61. The van der Waals surface area contributed by atoms with Crippen molar-refractivity contribution in [2.45, 2.75) is 303 Å². The number of benzene rings is 2. The van der Waals surface area contributed by atoms with Crippen LogP contribution < -0.4 is 9.47 Å². The Balaban J connectivity index is 1.10. The van der Waals surface area contributed by atoms with Gasteiger partial charge in [-0.25, -0.2) is 0 Å². The van der Waals surface area contributed by atoms with Gasteiger partial charge < -0.3 is 38.2 Å². The third kappa shape index (κ3) is 47.7. The molecule has 536 valence electrons. The van der Waals surface area contributed by atoms with Crippen molar-refractivity contribution in [1.29, 1.82) is 0 Å². The van der Waals surface area contributed by atoms with Gasteiger partial charge in [0, 0.05) is 50.3 Å². The van der Waals surface area contributed by atoms with Crippen LogP contribution in [0.1, 0.15) is 296 Å². The van der Waals surface area contributed by atoms with Gasteiger partial charge in [0.2, 0.25) is 0 Å². The highest BCUT2D eigenvalue weighted by molar-refractivity contribution is 8.76. The van der Waals surface area contributed by atoms with Crippen LogP contribution in [0.3, 0.4) is 0 Å². The van der Waals surface area contributed by atoms with E-state index in [1.807, 2.05) is 33.7 Å². The molecule has 0 bridgehead atoms. The molecule has 94 heavy (non-hydrogen) atoms. The second-order valence-electron chi connectivity index (χ2n) is 26.8. The molecule has 1 unspecified atom stereocenters. The normalized spacial score (nSPS) is 13.1. The zero-order valence-corrected chi connectivity index (χ0v) is 61.4. The monoisotopic (exact) mass is 1350 g/mol. The van der Waals surface area contributed by atoms with E-state index in [1.54, 1.807) is 36.4 Å². The summed E-state index contributed by atoms with van der Waals surface area (Å²) in [4.78, 5) is 80.0. The third-order valence-electron chi connectivity index (χ3n) is 18.1. The first-order valence-electron chi connectivity index (χ1n) is 37.8. The van der Waals surface area contributed by atoms with Gasteiger partial charge in [-0.1, -0.05) is 215 Å². The molecule has 0 aromatic heterocycles. The van der Waals surface area contributed by atoms with Crippen LogP contribution in [0.4, 0.5) is 0 Å². The molecule has 1 fully saturated rings. The van der Waals surface area contributed by atoms with Crippen molar-refractivity contribution in [3.05, 3.63) is 59.7 Å². The quantitative estimate of drug-likeness (QED) is 0.0202. The highest BCUT2D eigenvalue weighted by Gasteiger charge is 2.21. The maximum absolute atomic E-state index is 12.8. The minimum absolute atomic E-state index is 0.0551. The summed E-state index contributed by atoms with van der Waals surface area (Å²) in [6, 6.07) is 14.2. The number of esters is 6. The van der Waals surface area contributed by atoms with Gasteiger partial charge >= 0.3 is 35.8 Å². The highest BCUT2D eigenvalue weighted by atomic mass is 33.1. The van der Waals surface area contributed by atoms with Crippen molar-refractivity contribution in [1.82, 2.24) is 9.80 Å². The lowest BCUT2D eigenvalue weighted by atomic mass is 9.94. The van der Waals surface area contributed by atoms with Gasteiger partial charge in [0.1, 0.15) is 17.6 Å². The summed E-state index contributed by atoms with van der Waals surface area (Å²) in [5, 5.41) is 0. The third-order valence-corrected chi connectivity index (χ3v) is 20.5. The maximum atomic E-state index is 12.8. The average Bonchev–Trinajstić information content (AvgIpc) is 1.59. The lowest BCUT2D eigenvalue weighted by Crippen LogP contribution is -2.35. The Kier molecular flexibility index (Phi) is 51.8. The van der Waals surface area contributed by atoms with E-state index in [0.29, 0.717) is 68.8 Å². The standard InChI is InChI=1S/C78H130N2O12S2/c1-6-9-12-15-18-27-34-59-87-73(81)37-30-23-19-24-32-39-75(83)91-71-45-41-68(42-46-71)64-77(85)88-60-52-66(4)49-54-79(5)57-62-93-94-63-58-80-55-50-67(51-56-80)53-61-89-78(86)65-69-43-47-72(48-44-69)92-76(84)40-33-26-20-25-31-38-74(82)90-70(35-28-21-16-13-10-7-2)36-29-22-17-14-11-8-3/h41-48,66-67,70H,6-40,49-65H2,1-5H3. The fourth-order valence-electron chi connectivity index (χ4n) is 11.8. The van der Waals surface area contributed by atoms with E-state index < -0.39 is 0 Å². The van der Waals surface area contributed by atoms with Gasteiger partial charge in [0.15, 0.2) is 0 Å². The number of nitrogens with zero attached hydrogens (tertiary/aromatic N) is 2. The van der Waals surface area contributed by atoms with Crippen LogP contribution in [0.5, 0.6) is 11.5 Å². The predicted octanol–water partition coefficient (Wildman–Crippen LogP) is 19.4. The van der Waals surface area contributed by atoms with E-state index in [9.17, 15) is 28.8 Å². The summed E-state index contributed by atoms with van der Waals surface area (Å²) in [7, 11) is 6.07. The van der Waals surface area contributed by atoms with E-state index >= 15 is 0 Å². The first-order valence-corrected chi connectivity index (χ1v) is 40.2. The predicted molar refractivity (Wildman–Crippen MR) is 388 cm³/mol. The number of carbonyl (C=O) groups is 6. The smallest absolute Gasteiger partial charge is 0.311 e. The van der Waals surface area contributed by atoms with Crippen molar-refractivity contribution in [3.63, 3.8) is 0 Å². The number of hydrogen-bond donors (Lipinski definition) is 0. The lowest BCUT2D eigenvalue weighted by Gasteiger charge is -2.31. The van der Waals surface area contributed by atoms with Gasteiger partial charge in [0.05, 0.1) is 32.7 Å². The van der Waals surface area contributed by atoms with Crippen molar-refractivity contribution in [2.75, 3.05) is 71.1 Å². The van der Waals surface area contributed by atoms with Crippen LogP contribution in [0.15, 0.2) is 48.5 Å². The number of unbranched alkanes of at least 4 members (excludes halogenated alkanes) is 24. The Morgan fingerprint density at radius 1 is 0.447 bits per heavy atom. The molecule has 1 heterocycles. The fraction of sp³-hybridized carbons (Fsp3) is 0.769. The van der Waals surface area contributed by atoms with Crippen LogP contribution in [-0.2, 0) is 60.6 Å². The summed E-state index contributed by atoms with van der Waals surface area (Å²) in [6.45, 7) is 15.6. The molecule has 1 aliphatic heterocycles. The average molecular weight is 1350 g/mol. The van der Waals surface area contributed by atoms with Gasteiger partial charge in [-0.05, 0) is 164 Å². The summed E-state index contributed by atoms with van der Waals surface area (Å²) in [6.07, 6.45) is 41.2. The van der Waals surface area contributed by atoms with E-state index in [4.69, 9.17) is 28.4 Å². The first kappa shape index (κ1) is 84.1. The number of piperidine rings is 1. The van der Waals surface area contributed by atoms with E-state index in [-0.39, 0.29) is 54.8 Å². The van der Waals surface area contributed by atoms with Crippen LogP contribution in [-0.4, -0.2) is 123 Å². The number of hydrogen-bond acceptors (Lipinski definition) is 16. The summed E-state index contributed by atoms with van der Waals surface area (Å²) in [5.74, 6) is 2.95. The minimum Gasteiger partial charge on any atom is -0.466 e. The Hall–Kier alpha value is -4.12. The molecule has 0 saturated carbocycles. The fourth-order valence-corrected chi connectivity index (χ4v) is 13.9. The van der Waals surface area contributed by atoms with Crippen LogP contribution in [0, 0.1) is 11.8 Å². The van der Waals surface area contributed by atoms with Crippen molar-refractivity contribution in [3.8, 4) is 11.5 Å². The molecule has 0 N–H and O–H groups in total. The zero-order valence-electron chi connectivity index (χ0n) is 59.7. The first-order chi connectivity index (χ1) is 45.8. The van der Waals surface area contributed by atoms with Crippen LogP contribution >= 0.6 is 21.6 Å². The molecule has 0 radical (unpaired) electrons. The molecular formula is C78H130N2O12S2. The Morgan fingerprint density at radius 3 is 1.36 bits per heavy atom. The molecule has 2 aromatic rings. The molecule has 3 rings (SSSR count). The summed E-state index contributed by atoms with van der Waals surface area (Å²) in [5.41, 5.74) is 1.64. The minimum atomic E-state index is -0.268. The van der Waals surface area contributed by atoms with E-state index in [0.717, 1.165) is 190 Å². The molecule has 14 nitrogen and oxygen atoms in total. The topological polar surface area (TPSA) is 164 Å². The van der Waals surface area contributed by atoms with Gasteiger partial charge in [-0.3, -0.25) is 28.8 Å². The SMILES string of the molecule is CCCCCCCCCOC(=O)CCCCCCCC(=O)Oc1ccc(CC(=O)OCCC(C)CCN(C)CCSSCCN2CCC(CCOC(=O)Cc3ccc(OC(=O)CCCCCCCC(=O)OC(CCCCCCCC)CCCCCCCC)cc3)CC2)cc1. The molecule has 1 atom stereocenters. The Morgan fingerprint density at radius 2 is 0.862 bits per heavy atom. The molecule has 1 aliphatic rings. The molecular weight excluding hydrogens is 1220 g/mol. The molecule has 1 saturated heterocycles. The molecule has 16 heteroatoms. The van der Waals surface area contributed by atoms with Crippen LogP contribution in [0.2, 0.25) is 0 Å². The zero-order chi connectivity index (χ0) is 67.7. The number of ether oxygens (including phenoxy) is 6. The van der Waals surface area contributed by atoms with Crippen molar-refractivity contribution < 1.29 is 57.2 Å².